The van der Waals surface area contributed by atoms with Gasteiger partial charge in [0.2, 0.25) is 0 Å². The van der Waals surface area contributed by atoms with Crippen molar-refractivity contribution in [2.24, 2.45) is 0 Å². The van der Waals surface area contributed by atoms with E-state index < -0.39 is 0 Å². The van der Waals surface area contributed by atoms with Crippen LogP contribution in [0.2, 0.25) is 0 Å². The van der Waals surface area contributed by atoms with Gasteiger partial charge in [0.05, 0.1) is 6.54 Å². The Morgan fingerprint density at radius 3 is 2.65 bits per heavy atom. The largest absolute Gasteiger partial charge is 0.307 e. The maximum atomic E-state index is 12.0. The average Bonchev–Trinajstić information content (AvgIpc) is 2.68. The van der Waals surface area contributed by atoms with Crippen molar-refractivity contribution in [3.8, 4) is 0 Å². The number of Topliss-reactive ketones (excluding diaryl/α,β-unsaturated/α-hetero) is 1. The number of carbonyl (C=O) groups excluding carboxylic acids is 1. The predicted octanol–water partition coefficient (Wildman–Crippen LogP) is 2.41. The summed E-state index contributed by atoms with van der Waals surface area (Å²) in [7, 11) is 0. The summed E-state index contributed by atoms with van der Waals surface area (Å²) < 4.78 is 1.43. The molecule has 0 radical (unpaired) electrons. The van der Waals surface area contributed by atoms with Crippen molar-refractivity contribution in [3.05, 3.63) is 56.1 Å². The van der Waals surface area contributed by atoms with Crippen LogP contribution in [0, 0.1) is 13.8 Å². The van der Waals surface area contributed by atoms with Crippen molar-refractivity contribution >= 4 is 17.1 Å². The molecular weight excluding hydrogens is 234 g/mol. The fraction of sp³-hybridized carbons (Fsp3) is 0.231. The number of thiazole rings is 1. The maximum Gasteiger partial charge on any atom is 0.307 e. The molecule has 0 saturated heterocycles. The quantitative estimate of drug-likeness (QED) is 0.781. The van der Waals surface area contributed by atoms with Gasteiger partial charge in [0.25, 0.3) is 0 Å². The molecule has 0 aliphatic carbocycles. The fourth-order valence-electron chi connectivity index (χ4n) is 1.57. The number of nitrogens with zero attached hydrogens (tertiary/aromatic N) is 1. The minimum Gasteiger partial charge on any atom is -0.298 e. The zero-order chi connectivity index (χ0) is 12.4. The molecule has 1 aromatic carbocycles. The summed E-state index contributed by atoms with van der Waals surface area (Å²) in [6.45, 7) is 4.10. The van der Waals surface area contributed by atoms with Crippen LogP contribution < -0.4 is 4.87 Å². The maximum absolute atomic E-state index is 12.0. The van der Waals surface area contributed by atoms with Gasteiger partial charge in [0, 0.05) is 17.1 Å². The van der Waals surface area contributed by atoms with Crippen molar-refractivity contribution in [1.29, 1.82) is 0 Å². The molecule has 0 bridgehead atoms. The first kappa shape index (κ1) is 11.8. The first-order valence-corrected chi connectivity index (χ1v) is 6.20. The van der Waals surface area contributed by atoms with Crippen LogP contribution >= 0.6 is 11.3 Å². The number of carbonyl (C=O) groups is 1. The van der Waals surface area contributed by atoms with E-state index in [0.717, 1.165) is 22.5 Å². The van der Waals surface area contributed by atoms with Crippen LogP contribution in [0.1, 0.15) is 21.5 Å². The summed E-state index contributed by atoms with van der Waals surface area (Å²) >= 11 is 1.10. The molecule has 0 spiro atoms. The third-order valence-corrected chi connectivity index (χ3v) is 3.48. The molecule has 17 heavy (non-hydrogen) atoms. The third kappa shape index (κ3) is 2.53. The fourth-order valence-corrected chi connectivity index (χ4v) is 2.15. The van der Waals surface area contributed by atoms with E-state index in [9.17, 15) is 9.59 Å². The normalized spacial score (nSPS) is 10.5. The molecule has 0 fully saturated rings. The molecule has 0 aliphatic rings. The molecule has 2 aromatic rings. The summed E-state index contributed by atoms with van der Waals surface area (Å²) in [5.41, 5.74) is 2.91. The van der Waals surface area contributed by atoms with Crippen LogP contribution in [0.15, 0.2) is 34.6 Å². The molecule has 2 rings (SSSR count). The smallest absolute Gasteiger partial charge is 0.298 e. The van der Waals surface area contributed by atoms with Gasteiger partial charge >= 0.3 is 4.87 Å². The Morgan fingerprint density at radius 2 is 2.06 bits per heavy atom. The first-order chi connectivity index (χ1) is 8.08. The van der Waals surface area contributed by atoms with Crippen LogP contribution in [0.4, 0.5) is 0 Å². The third-order valence-electron chi connectivity index (χ3n) is 2.79. The second-order valence-electron chi connectivity index (χ2n) is 4.02. The van der Waals surface area contributed by atoms with Gasteiger partial charge in [-0.15, -0.1) is 0 Å². The summed E-state index contributed by atoms with van der Waals surface area (Å²) in [5.74, 6) is -0.0337. The Kier molecular flexibility index (Phi) is 3.24. The Morgan fingerprint density at radius 1 is 1.29 bits per heavy atom. The topological polar surface area (TPSA) is 39.1 Å². The molecule has 0 amide bonds. The summed E-state index contributed by atoms with van der Waals surface area (Å²) in [4.78, 5) is 23.2. The second kappa shape index (κ2) is 4.67. The van der Waals surface area contributed by atoms with E-state index in [1.807, 2.05) is 32.0 Å². The van der Waals surface area contributed by atoms with Gasteiger partial charge in [-0.1, -0.05) is 23.5 Å². The van der Waals surface area contributed by atoms with Gasteiger partial charge in [-0.3, -0.25) is 14.2 Å². The first-order valence-electron chi connectivity index (χ1n) is 5.32. The van der Waals surface area contributed by atoms with Crippen molar-refractivity contribution in [3.63, 3.8) is 0 Å². The van der Waals surface area contributed by atoms with E-state index >= 15 is 0 Å². The van der Waals surface area contributed by atoms with E-state index in [4.69, 9.17) is 0 Å². The molecule has 0 unspecified atom stereocenters. The standard InChI is InChI=1S/C13H13NO2S/c1-9-3-4-11(7-10(9)2)12(15)8-14-5-6-17-13(14)16/h3-7H,8H2,1-2H3. The highest BCUT2D eigenvalue weighted by Crippen LogP contribution is 2.11. The van der Waals surface area contributed by atoms with E-state index in [2.05, 4.69) is 0 Å². The molecule has 88 valence electrons. The number of aryl methyl sites for hydroxylation is 2. The van der Waals surface area contributed by atoms with Crippen molar-refractivity contribution in [1.82, 2.24) is 4.57 Å². The van der Waals surface area contributed by atoms with Crippen LogP contribution in [-0.4, -0.2) is 10.4 Å². The molecule has 3 nitrogen and oxygen atoms in total. The molecule has 0 saturated carbocycles. The number of hydrogen-bond acceptors (Lipinski definition) is 3. The highest BCUT2D eigenvalue weighted by molar-refractivity contribution is 7.07. The SMILES string of the molecule is Cc1ccc(C(=O)Cn2ccsc2=O)cc1C. The van der Waals surface area contributed by atoms with E-state index in [-0.39, 0.29) is 17.2 Å². The molecule has 4 heteroatoms. The summed E-state index contributed by atoms with van der Waals surface area (Å²) in [6.07, 6.45) is 1.64. The minimum absolute atomic E-state index is 0.0337. The molecule has 1 aromatic heterocycles. The number of benzene rings is 1. The van der Waals surface area contributed by atoms with Gasteiger partial charge < -0.3 is 0 Å². The van der Waals surface area contributed by atoms with Gasteiger partial charge in [-0.25, -0.2) is 0 Å². The number of aromatic nitrogens is 1. The Balaban J connectivity index is 2.23. The van der Waals surface area contributed by atoms with Crippen LogP contribution in [0.5, 0.6) is 0 Å². The van der Waals surface area contributed by atoms with E-state index in [1.54, 1.807) is 11.6 Å². The Bertz CT molecular complexity index is 610. The van der Waals surface area contributed by atoms with Crippen LogP contribution in [0.25, 0.3) is 0 Å². The molecule has 1 heterocycles. The van der Waals surface area contributed by atoms with Crippen LogP contribution in [-0.2, 0) is 6.54 Å². The summed E-state index contributed by atoms with van der Waals surface area (Å²) in [6, 6.07) is 5.61. The van der Waals surface area contributed by atoms with Gasteiger partial charge in [0.15, 0.2) is 5.78 Å². The molecule has 0 N–H and O–H groups in total. The van der Waals surface area contributed by atoms with Crippen molar-refractivity contribution < 1.29 is 4.79 Å². The van der Waals surface area contributed by atoms with Crippen molar-refractivity contribution in [2.45, 2.75) is 20.4 Å². The minimum atomic E-state index is -0.0952. The predicted molar refractivity (Wildman–Crippen MR) is 68.8 cm³/mol. The molecular formula is C13H13NO2S. The van der Waals surface area contributed by atoms with Crippen LogP contribution in [0.3, 0.4) is 0 Å². The second-order valence-corrected chi connectivity index (χ2v) is 4.88. The lowest BCUT2D eigenvalue weighted by Gasteiger charge is -2.04. The zero-order valence-corrected chi connectivity index (χ0v) is 10.6. The lowest BCUT2D eigenvalue weighted by Crippen LogP contribution is -2.18. The lowest BCUT2D eigenvalue weighted by atomic mass is 10.0. The number of hydrogen-bond donors (Lipinski definition) is 0. The summed E-state index contributed by atoms with van der Waals surface area (Å²) in [5, 5.41) is 1.69. The average molecular weight is 247 g/mol. The Labute approximate surface area is 103 Å². The molecule has 0 aliphatic heterocycles. The number of rotatable bonds is 3. The van der Waals surface area contributed by atoms with E-state index in [0.29, 0.717) is 5.56 Å². The van der Waals surface area contributed by atoms with Gasteiger partial charge in [-0.05, 0) is 31.0 Å². The van der Waals surface area contributed by atoms with Gasteiger partial charge in [0.1, 0.15) is 0 Å². The zero-order valence-electron chi connectivity index (χ0n) is 9.77. The highest BCUT2D eigenvalue weighted by atomic mass is 32.1. The monoisotopic (exact) mass is 247 g/mol. The highest BCUT2D eigenvalue weighted by Gasteiger charge is 2.08. The Hall–Kier alpha value is -1.68. The van der Waals surface area contributed by atoms with Gasteiger partial charge in [-0.2, -0.15) is 0 Å². The van der Waals surface area contributed by atoms with E-state index in [1.165, 1.54) is 4.57 Å². The molecule has 0 atom stereocenters. The lowest BCUT2D eigenvalue weighted by molar-refractivity contribution is 0.0971. The van der Waals surface area contributed by atoms with Crippen molar-refractivity contribution in [2.75, 3.05) is 0 Å². The number of ketones is 1.